The summed E-state index contributed by atoms with van der Waals surface area (Å²) in [5.74, 6) is 1.26. The first-order valence-electron chi connectivity index (χ1n) is 7.75. The number of hydrogen-bond acceptors (Lipinski definition) is 4. The number of aromatic hydroxyl groups is 1. The summed E-state index contributed by atoms with van der Waals surface area (Å²) in [6.07, 6.45) is 0. The maximum absolute atomic E-state index is 9.35. The van der Waals surface area contributed by atoms with Gasteiger partial charge in [0.25, 0.3) is 0 Å². The zero-order chi connectivity index (χ0) is 15.2. The number of para-hydroxylation sites is 1. The molecule has 1 fully saturated rings. The van der Waals surface area contributed by atoms with E-state index in [9.17, 15) is 5.11 Å². The Balaban J connectivity index is 1.41. The van der Waals surface area contributed by atoms with E-state index in [1.54, 1.807) is 12.1 Å². The number of nitrogens with zero attached hydrogens (tertiary/aromatic N) is 2. The third-order valence-corrected chi connectivity index (χ3v) is 4.01. The molecule has 0 spiro atoms. The lowest BCUT2D eigenvalue weighted by atomic mass is 10.2. The molecule has 2 aromatic rings. The van der Waals surface area contributed by atoms with Crippen LogP contribution in [-0.4, -0.2) is 49.3 Å². The van der Waals surface area contributed by atoms with Gasteiger partial charge in [0, 0.05) is 38.4 Å². The van der Waals surface area contributed by atoms with Crippen LogP contribution in [0.15, 0.2) is 54.6 Å². The predicted molar refractivity (Wildman–Crippen MR) is 88.7 cm³/mol. The number of phenols is 1. The first kappa shape index (κ1) is 14.7. The minimum Gasteiger partial charge on any atom is -0.508 e. The molecular formula is C18H22N2O2. The molecule has 1 aliphatic rings. The third-order valence-electron chi connectivity index (χ3n) is 4.01. The topological polar surface area (TPSA) is 35.9 Å². The summed E-state index contributed by atoms with van der Waals surface area (Å²) in [5, 5.41) is 9.35. The second-order valence-electron chi connectivity index (χ2n) is 5.51. The SMILES string of the molecule is Oc1ccc(N2CCN(CCOc3ccccc3)CC2)cc1. The number of phenolic OH excluding ortho intramolecular Hbond substituents is 1. The lowest BCUT2D eigenvalue weighted by Crippen LogP contribution is -2.47. The van der Waals surface area contributed by atoms with Crippen LogP contribution in [0.1, 0.15) is 0 Å². The average molecular weight is 298 g/mol. The van der Waals surface area contributed by atoms with E-state index in [1.807, 2.05) is 42.5 Å². The van der Waals surface area contributed by atoms with Crippen molar-refractivity contribution in [1.29, 1.82) is 0 Å². The maximum atomic E-state index is 9.35. The Morgan fingerprint density at radius 1 is 0.864 bits per heavy atom. The minimum absolute atomic E-state index is 0.320. The van der Waals surface area contributed by atoms with Gasteiger partial charge in [0.1, 0.15) is 18.1 Å². The van der Waals surface area contributed by atoms with Crippen molar-refractivity contribution in [1.82, 2.24) is 4.90 Å². The summed E-state index contributed by atoms with van der Waals surface area (Å²) < 4.78 is 5.75. The van der Waals surface area contributed by atoms with E-state index in [-0.39, 0.29) is 0 Å². The van der Waals surface area contributed by atoms with Crippen LogP contribution in [0.4, 0.5) is 5.69 Å². The molecule has 2 aromatic carbocycles. The van der Waals surface area contributed by atoms with Gasteiger partial charge in [0.2, 0.25) is 0 Å². The van der Waals surface area contributed by atoms with Crippen LogP contribution in [0.25, 0.3) is 0 Å². The van der Waals surface area contributed by atoms with Crippen LogP contribution in [0.5, 0.6) is 11.5 Å². The molecular weight excluding hydrogens is 276 g/mol. The van der Waals surface area contributed by atoms with Gasteiger partial charge in [-0.15, -0.1) is 0 Å². The van der Waals surface area contributed by atoms with Crippen LogP contribution < -0.4 is 9.64 Å². The molecule has 0 bridgehead atoms. The van der Waals surface area contributed by atoms with Crippen LogP contribution in [0, 0.1) is 0 Å². The molecule has 1 N–H and O–H groups in total. The molecule has 0 saturated carbocycles. The fraction of sp³-hybridized carbons (Fsp3) is 0.333. The first-order chi connectivity index (χ1) is 10.8. The van der Waals surface area contributed by atoms with Crippen molar-refractivity contribution < 1.29 is 9.84 Å². The number of benzene rings is 2. The molecule has 0 unspecified atom stereocenters. The fourth-order valence-corrected chi connectivity index (χ4v) is 2.70. The Hall–Kier alpha value is -2.20. The first-order valence-corrected chi connectivity index (χ1v) is 7.75. The monoisotopic (exact) mass is 298 g/mol. The minimum atomic E-state index is 0.320. The molecule has 0 aromatic heterocycles. The highest BCUT2D eigenvalue weighted by atomic mass is 16.5. The quantitative estimate of drug-likeness (QED) is 0.920. The van der Waals surface area contributed by atoms with Crippen LogP contribution in [0.3, 0.4) is 0 Å². The summed E-state index contributed by atoms with van der Waals surface area (Å²) in [6.45, 7) is 5.78. The third kappa shape index (κ3) is 3.92. The van der Waals surface area contributed by atoms with E-state index in [4.69, 9.17) is 4.74 Å². The molecule has 0 radical (unpaired) electrons. The lowest BCUT2D eigenvalue weighted by Gasteiger charge is -2.36. The predicted octanol–water partition coefficient (Wildman–Crippen LogP) is 2.59. The van der Waals surface area contributed by atoms with Gasteiger partial charge in [-0.25, -0.2) is 0 Å². The molecule has 1 aliphatic heterocycles. The van der Waals surface area contributed by atoms with Gasteiger partial charge in [-0.3, -0.25) is 4.90 Å². The smallest absolute Gasteiger partial charge is 0.119 e. The summed E-state index contributed by atoms with van der Waals surface area (Å²) in [5.41, 5.74) is 1.18. The zero-order valence-corrected chi connectivity index (χ0v) is 12.7. The van der Waals surface area contributed by atoms with E-state index in [0.717, 1.165) is 45.1 Å². The lowest BCUT2D eigenvalue weighted by molar-refractivity contribution is 0.200. The molecule has 0 amide bonds. The van der Waals surface area contributed by atoms with Gasteiger partial charge in [-0.1, -0.05) is 18.2 Å². The summed E-state index contributed by atoms with van der Waals surface area (Å²) >= 11 is 0. The number of ether oxygens (including phenoxy) is 1. The highest BCUT2D eigenvalue weighted by molar-refractivity contribution is 5.49. The average Bonchev–Trinajstić information content (AvgIpc) is 2.57. The maximum Gasteiger partial charge on any atom is 0.119 e. The van der Waals surface area contributed by atoms with Gasteiger partial charge >= 0.3 is 0 Å². The van der Waals surface area contributed by atoms with Gasteiger partial charge in [-0.2, -0.15) is 0 Å². The molecule has 1 saturated heterocycles. The number of piperazine rings is 1. The molecule has 116 valence electrons. The van der Waals surface area contributed by atoms with Crippen molar-refractivity contribution in [2.45, 2.75) is 0 Å². The van der Waals surface area contributed by atoms with Crippen LogP contribution in [-0.2, 0) is 0 Å². The Kier molecular flexibility index (Phi) is 4.81. The molecule has 0 atom stereocenters. The van der Waals surface area contributed by atoms with Crippen molar-refractivity contribution in [3.8, 4) is 11.5 Å². The molecule has 4 heteroatoms. The van der Waals surface area contributed by atoms with Crippen LogP contribution in [0.2, 0.25) is 0 Å². The summed E-state index contributed by atoms with van der Waals surface area (Å²) in [6, 6.07) is 17.4. The van der Waals surface area contributed by atoms with E-state index in [1.165, 1.54) is 5.69 Å². The largest absolute Gasteiger partial charge is 0.508 e. The number of rotatable bonds is 5. The second kappa shape index (κ2) is 7.18. The Morgan fingerprint density at radius 3 is 2.23 bits per heavy atom. The van der Waals surface area contributed by atoms with Crippen LogP contribution >= 0.6 is 0 Å². The van der Waals surface area contributed by atoms with E-state index < -0.39 is 0 Å². The van der Waals surface area contributed by atoms with Gasteiger partial charge in [0.05, 0.1) is 0 Å². The van der Waals surface area contributed by atoms with Crippen molar-refractivity contribution >= 4 is 5.69 Å². The molecule has 4 nitrogen and oxygen atoms in total. The summed E-state index contributed by atoms with van der Waals surface area (Å²) in [7, 11) is 0. The Bertz CT molecular complexity index is 563. The van der Waals surface area contributed by atoms with Crippen molar-refractivity contribution in [3.05, 3.63) is 54.6 Å². The molecule has 1 heterocycles. The Morgan fingerprint density at radius 2 is 1.55 bits per heavy atom. The van der Waals surface area contributed by atoms with Gasteiger partial charge in [0.15, 0.2) is 0 Å². The summed E-state index contributed by atoms with van der Waals surface area (Å²) in [4.78, 5) is 4.79. The highest BCUT2D eigenvalue weighted by Crippen LogP contribution is 2.19. The highest BCUT2D eigenvalue weighted by Gasteiger charge is 2.16. The normalized spacial score (nSPS) is 15.7. The Labute approximate surface area is 131 Å². The van der Waals surface area contributed by atoms with E-state index in [0.29, 0.717) is 5.75 Å². The number of hydrogen-bond donors (Lipinski definition) is 1. The zero-order valence-electron chi connectivity index (χ0n) is 12.7. The van der Waals surface area contributed by atoms with E-state index >= 15 is 0 Å². The second-order valence-corrected chi connectivity index (χ2v) is 5.51. The van der Waals surface area contributed by atoms with Crippen molar-refractivity contribution in [2.75, 3.05) is 44.2 Å². The van der Waals surface area contributed by atoms with E-state index in [2.05, 4.69) is 9.80 Å². The molecule has 0 aliphatic carbocycles. The standard InChI is InChI=1S/C18H22N2O2/c21-17-8-6-16(7-9-17)20-12-10-19(11-13-20)14-15-22-18-4-2-1-3-5-18/h1-9,21H,10-15H2. The van der Waals surface area contributed by atoms with Gasteiger partial charge < -0.3 is 14.7 Å². The number of anilines is 1. The van der Waals surface area contributed by atoms with Gasteiger partial charge in [-0.05, 0) is 36.4 Å². The fourth-order valence-electron chi connectivity index (χ4n) is 2.70. The van der Waals surface area contributed by atoms with Crippen molar-refractivity contribution in [3.63, 3.8) is 0 Å². The van der Waals surface area contributed by atoms with Crippen molar-refractivity contribution in [2.24, 2.45) is 0 Å². The molecule has 3 rings (SSSR count). The molecule has 22 heavy (non-hydrogen) atoms.